The van der Waals surface area contributed by atoms with Gasteiger partial charge in [-0.1, -0.05) is 0 Å². The first kappa shape index (κ1) is 24.9. The van der Waals surface area contributed by atoms with Crippen molar-refractivity contribution in [3.8, 4) is 11.3 Å². The van der Waals surface area contributed by atoms with Gasteiger partial charge in [0.1, 0.15) is 29.6 Å². The lowest BCUT2D eigenvalue weighted by molar-refractivity contribution is 0.458. The van der Waals surface area contributed by atoms with Crippen molar-refractivity contribution in [2.75, 3.05) is 30.3 Å². The van der Waals surface area contributed by atoms with Crippen LogP contribution < -0.4 is 21.7 Å². The largest absolute Gasteiger partial charge is 0.404 e. The summed E-state index contributed by atoms with van der Waals surface area (Å²) in [4.78, 5) is 15.9. The number of hydrogen-bond acceptors (Lipinski definition) is 8. The number of nitrogens with one attached hydrogen (secondary N) is 2. The molecule has 1 saturated heterocycles. The minimum absolute atomic E-state index is 0.204. The summed E-state index contributed by atoms with van der Waals surface area (Å²) in [5.41, 5.74) is 15.4. The van der Waals surface area contributed by atoms with E-state index in [1.165, 1.54) is 37.6 Å². The summed E-state index contributed by atoms with van der Waals surface area (Å²) in [7, 11) is 0. The summed E-state index contributed by atoms with van der Waals surface area (Å²) in [6.45, 7) is 5.06. The molecule has 0 atom stereocenters. The fourth-order valence-corrected chi connectivity index (χ4v) is 5.01. The molecule has 9 nitrogen and oxygen atoms in total. The summed E-state index contributed by atoms with van der Waals surface area (Å²) in [5.74, 6) is 2.15. The molecule has 3 aromatic rings. The van der Waals surface area contributed by atoms with Crippen LogP contribution in [0, 0.1) is 18.2 Å². The Labute approximate surface area is 216 Å². The van der Waals surface area contributed by atoms with Crippen LogP contribution in [-0.2, 0) is 6.54 Å². The van der Waals surface area contributed by atoms with E-state index in [-0.39, 0.29) is 11.7 Å². The second kappa shape index (κ2) is 10.7. The van der Waals surface area contributed by atoms with Crippen molar-refractivity contribution in [2.45, 2.75) is 51.1 Å². The van der Waals surface area contributed by atoms with E-state index in [1.54, 1.807) is 13.0 Å². The molecule has 10 heteroatoms. The first-order valence-electron chi connectivity index (χ1n) is 12.8. The van der Waals surface area contributed by atoms with E-state index in [4.69, 9.17) is 21.9 Å². The number of hydrogen-bond donors (Lipinski definition) is 4. The van der Waals surface area contributed by atoms with Gasteiger partial charge in [-0.05, 0) is 56.4 Å². The molecule has 37 heavy (non-hydrogen) atoms. The topological polar surface area (TPSA) is 135 Å². The number of imidazole rings is 1. The number of halogens is 1. The van der Waals surface area contributed by atoms with Gasteiger partial charge in [0.15, 0.2) is 0 Å². The third-order valence-corrected chi connectivity index (χ3v) is 7.26. The second-order valence-corrected chi connectivity index (χ2v) is 9.86. The summed E-state index contributed by atoms with van der Waals surface area (Å²) < 4.78 is 16.2. The molecule has 0 spiro atoms. The van der Waals surface area contributed by atoms with Gasteiger partial charge in [0.2, 0.25) is 0 Å². The van der Waals surface area contributed by atoms with E-state index in [0.29, 0.717) is 34.4 Å². The Hall–Kier alpha value is -3.79. The molecule has 0 unspecified atom stereocenters. The van der Waals surface area contributed by atoms with Crippen LogP contribution >= 0.6 is 0 Å². The summed E-state index contributed by atoms with van der Waals surface area (Å²) in [6.07, 6.45) is 10.4. The molecule has 1 aromatic carbocycles. The van der Waals surface area contributed by atoms with Crippen molar-refractivity contribution < 1.29 is 4.39 Å². The highest BCUT2D eigenvalue weighted by Gasteiger charge is 2.28. The smallest absolute Gasteiger partial charge is 0.142 e. The maximum absolute atomic E-state index is 13.9. The molecule has 1 aliphatic heterocycles. The number of aryl methyl sites for hydroxylation is 1. The van der Waals surface area contributed by atoms with Gasteiger partial charge in [-0.3, -0.25) is 0 Å². The van der Waals surface area contributed by atoms with Crippen molar-refractivity contribution in [2.24, 2.45) is 5.73 Å². The van der Waals surface area contributed by atoms with E-state index in [2.05, 4.69) is 30.9 Å². The Morgan fingerprint density at radius 1 is 1.22 bits per heavy atom. The van der Waals surface area contributed by atoms with E-state index >= 15 is 0 Å². The molecule has 194 valence electrons. The van der Waals surface area contributed by atoms with Crippen molar-refractivity contribution >= 4 is 23.4 Å². The normalized spacial score (nSPS) is 16.8. The number of piperidine rings is 1. The molecule has 5 rings (SSSR count). The standard InChI is InChI=1S/C27H34FN9/c1-17-12-19(2-5-22(17)28)23-15-37(11-8-32-21-3-4-21)26(35-23)18-6-9-36(10-7-18)27-24(20(13-29)14-30)25(31)33-16-34-27/h2,5,12-16,18,21,29,32H,3-4,6-11,30H2,1H3,(H2,31,33,34)/b20-14+,29-13?. The number of benzene rings is 1. The van der Waals surface area contributed by atoms with E-state index in [1.807, 2.05) is 6.07 Å². The molecule has 2 aromatic heterocycles. The lowest BCUT2D eigenvalue weighted by Gasteiger charge is -2.34. The Balaban J connectivity index is 1.37. The molecular formula is C27H34FN9. The maximum atomic E-state index is 13.9. The lowest BCUT2D eigenvalue weighted by Crippen LogP contribution is -2.35. The van der Waals surface area contributed by atoms with E-state index < -0.39 is 0 Å². The van der Waals surface area contributed by atoms with Crippen LogP contribution in [0.25, 0.3) is 16.8 Å². The van der Waals surface area contributed by atoms with Crippen LogP contribution in [-0.4, -0.2) is 51.4 Å². The fourth-order valence-electron chi connectivity index (χ4n) is 5.01. The Kier molecular flexibility index (Phi) is 7.18. The van der Waals surface area contributed by atoms with Crippen molar-refractivity contribution in [3.05, 3.63) is 59.7 Å². The average molecular weight is 504 g/mol. The van der Waals surface area contributed by atoms with Crippen LogP contribution in [0.2, 0.25) is 0 Å². The summed E-state index contributed by atoms with van der Waals surface area (Å²) in [5, 5.41) is 11.3. The number of rotatable bonds is 9. The number of anilines is 2. The van der Waals surface area contributed by atoms with Crippen molar-refractivity contribution in [3.63, 3.8) is 0 Å². The quantitative estimate of drug-likeness (QED) is 0.329. The average Bonchev–Trinajstić information content (AvgIpc) is 3.64. The Bertz CT molecular complexity index is 1300. The van der Waals surface area contributed by atoms with Gasteiger partial charge < -0.3 is 31.7 Å². The molecule has 2 fully saturated rings. The molecule has 2 aliphatic rings. The summed E-state index contributed by atoms with van der Waals surface area (Å²) in [6, 6.07) is 5.83. The third kappa shape index (κ3) is 5.34. The molecule has 6 N–H and O–H groups in total. The minimum atomic E-state index is -0.204. The fraction of sp³-hybridized carbons (Fsp3) is 0.407. The first-order valence-corrected chi connectivity index (χ1v) is 12.8. The van der Waals surface area contributed by atoms with Gasteiger partial charge in [0.05, 0.1) is 11.3 Å². The SMILES string of the molecule is Cc1cc(-c2cn(CCNC3CC3)c(C3CCN(c4ncnc(N)c4/C(C=N)=C/N)CC3)n2)ccc1F. The number of nitrogens with zero attached hydrogens (tertiary/aromatic N) is 5. The number of allylic oxidation sites excluding steroid dienone is 1. The van der Waals surface area contributed by atoms with Gasteiger partial charge >= 0.3 is 0 Å². The Morgan fingerprint density at radius 3 is 2.68 bits per heavy atom. The highest BCUT2D eigenvalue weighted by atomic mass is 19.1. The Morgan fingerprint density at radius 2 is 2.00 bits per heavy atom. The second-order valence-electron chi connectivity index (χ2n) is 9.86. The molecule has 0 amide bonds. The first-order chi connectivity index (χ1) is 18.0. The zero-order valence-corrected chi connectivity index (χ0v) is 21.1. The molecule has 1 saturated carbocycles. The lowest BCUT2D eigenvalue weighted by atomic mass is 9.95. The van der Waals surface area contributed by atoms with Gasteiger partial charge in [-0.2, -0.15) is 0 Å². The van der Waals surface area contributed by atoms with Crippen molar-refractivity contribution in [1.29, 1.82) is 5.41 Å². The molecular weight excluding hydrogens is 469 g/mol. The van der Waals surface area contributed by atoms with Crippen LogP contribution in [0.3, 0.4) is 0 Å². The zero-order chi connectivity index (χ0) is 25.9. The van der Waals surface area contributed by atoms with Crippen molar-refractivity contribution in [1.82, 2.24) is 24.8 Å². The number of aromatic nitrogens is 4. The molecule has 0 bridgehead atoms. The highest BCUT2D eigenvalue weighted by Crippen LogP contribution is 2.35. The van der Waals surface area contributed by atoms with Crippen LogP contribution in [0.1, 0.15) is 48.6 Å². The van der Waals surface area contributed by atoms with Gasteiger partial charge in [-0.15, -0.1) is 0 Å². The summed E-state index contributed by atoms with van der Waals surface area (Å²) >= 11 is 0. The van der Waals surface area contributed by atoms with Gasteiger partial charge in [0.25, 0.3) is 0 Å². The monoisotopic (exact) mass is 503 g/mol. The van der Waals surface area contributed by atoms with E-state index in [9.17, 15) is 4.39 Å². The molecule has 3 heterocycles. The number of nitrogens with two attached hydrogens (primary N) is 2. The zero-order valence-electron chi connectivity index (χ0n) is 21.1. The predicted octanol–water partition coefficient (Wildman–Crippen LogP) is 3.45. The van der Waals surface area contributed by atoms with E-state index in [0.717, 1.165) is 56.1 Å². The van der Waals surface area contributed by atoms with Crippen LogP contribution in [0.15, 0.2) is 36.9 Å². The highest BCUT2D eigenvalue weighted by molar-refractivity contribution is 6.12. The van der Waals surface area contributed by atoms with Gasteiger partial charge in [-0.25, -0.2) is 19.3 Å². The number of nitrogen functional groups attached to an aromatic ring is 1. The van der Waals surface area contributed by atoms with Crippen LogP contribution in [0.5, 0.6) is 0 Å². The predicted molar refractivity (Wildman–Crippen MR) is 145 cm³/mol. The molecule has 1 aliphatic carbocycles. The third-order valence-electron chi connectivity index (χ3n) is 7.26. The molecule has 0 radical (unpaired) electrons. The maximum Gasteiger partial charge on any atom is 0.142 e. The minimum Gasteiger partial charge on any atom is -0.404 e. The van der Waals surface area contributed by atoms with Gasteiger partial charge in [0, 0.05) is 67.9 Å². The van der Waals surface area contributed by atoms with Crippen LogP contribution in [0.4, 0.5) is 16.0 Å².